The first-order valence-corrected chi connectivity index (χ1v) is 11.6. The molecule has 3 aromatic rings. The van der Waals surface area contributed by atoms with Crippen LogP contribution in [0.5, 0.6) is 0 Å². The van der Waals surface area contributed by atoms with E-state index in [0.717, 1.165) is 50.6 Å². The third kappa shape index (κ3) is 3.49. The molecule has 2 N–H and O–H groups in total. The largest absolute Gasteiger partial charge is 0.383 e. The number of aromatic nitrogens is 3. The molecule has 1 unspecified atom stereocenters. The Kier molecular flexibility index (Phi) is 4.73. The zero-order chi connectivity index (χ0) is 18.5. The Balaban J connectivity index is 1.62. The van der Waals surface area contributed by atoms with Crippen LogP contribution in [0.25, 0.3) is 10.2 Å². The summed E-state index contributed by atoms with van der Waals surface area (Å²) in [5.74, 6) is 2.15. The van der Waals surface area contributed by atoms with Gasteiger partial charge in [0.05, 0.1) is 11.1 Å². The second kappa shape index (κ2) is 6.77. The lowest BCUT2D eigenvalue weighted by atomic mass is 9.72. The number of nitrogens with two attached hydrogens (primary N) is 1. The zero-order valence-electron chi connectivity index (χ0n) is 15.6. The van der Waals surface area contributed by atoms with Gasteiger partial charge in [0.25, 0.3) is 0 Å². The highest BCUT2D eigenvalue weighted by molar-refractivity contribution is 7.98. The Morgan fingerprint density at radius 2 is 2.08 bits per heavy atom. The van der Waals surface area contributed by atoms with E-state index in [9.17, 15) is 0 Å². The molecule has 4 rings (SSSR count). The summed E-state index contributed by atoms with van der Waals surface area (Å²) >= 11 is 5.12. The van der Waals surface area contributed by atoms with Crippen LogP contribution in [0.1, 0.15) is 48.3 Å². The minimum atomic E-state index is 0.345. The number of anilines is 1. The maximum Gasteiger partial charge on any atom is 0.191 e. The van der Waals surface area contributed by atoms with Gasteiger partial charge >= 0.3 is 0 Å². The van der Waals surface area contributed by atoms with Gasteiger partial charge in [0.2, 0.25) is 0 Å². The molecular formula is C19H24N4S3. The van der Waals surface area contributed by atoms with Gasteiger partial charge in [-0.15, -0.1) is 22.7 Å². The molecule has 0 aliphatic heterocycles. The fraction of sp³-hybridized carbons (Fsp3) is 0.526. The number of aryl methyl sites for hydroxylation is 2. The number of hydrogen-bond donors (Lipinski definition) is 1. The molecule has 3 heterocycles. The summed E-state index contributed by atoms with van der Waals surface area (Å²) in [7, 11) is 0. The van der Waals surface area contributed by atoms with Crippen molar-refractivity contribution in [1.29, 1.82) is 0 Å². The molecule has 0 spiro atoms. The number of thiophene rings is 1. The second-order valence-corrected chi connectivity index (χ2v) is 11.0. The van der Waals surface area contributed by atoms with Crippen LogP contribution >= 0.6 is 34.4 Å². The van der Waals surface area contributed by atoms with E-state index in [2.05, 4.69) is 36.1 Å². The van der Waals surface area contributed by atoms with Crippen molar-refractivity contribution in [3.8, 4) is 0 Å². The summed E-state index contributed by atoms with van der Waals surface area (Å²) in [6.45, 7) is 9.06. The van der Waals surface area contributed by atoms with Crippen molar-refractivity contribution in [1.82, 2.24) is 15.0 Å². The first-order chi connectivity index (χ1) is 12.3. The van der Waals surface area contributed by atoms with Gasteiger partial charge < -0.3 is 5.73 Å². The lowest BCUT2D eigenvalue weighted by Gasteiger charge is -2.33. The molecule has 1 aliphatic rings. The van der Waals surface area contributed by atoms with E-state index in [0.29, 0.717) is 11.2 Å². The van der Waals surface area contributed by atoms with Crippen molar-refractivity contribution in [2.45, 2.75) is 57.9 Å². The molecule has 1 atom stereocenters. The van der Waals surface area contributed by atoms with Crippen molar-refractivity contribution < 1.29 is 0 Å². The summed E-state index contributed by atoms with van der Waals surface area (Å²) < 4.78 is 0. The number of rotatable bonds is 3. The predicted octanol–water partition coefficient (Wildman–Crippen LogP) is 5.48. The van der Waals surface area contributed by atoms with E-state index >= 15 is 0 Å². The van der Waals surface area contributed by atoms with Crippen LogP contribution in [0, 0.1) is 18.3 Å². The minimum Gasteiger partial charge on any atom is -0.383 e. The van der Waals surface area contributed by atoms with Crippen LogP contribution in [-0.4, -0.2) is 15.0 Å². The van der Waals surface area contributed by atoms with Crippen molar-refractivity contribution in [3.05, 3.63) is 26.5 Å². The molecular weight excluding hydrogens is 380 g/mol. The molecule has 7 heteroatoms. The van der Waals surface area contributed by atoms with Crippen LogP contribution < -0.4 is 5.73 Å². The monoisotopic (exact) mass is 404 g/mol. The molecule has 26 heavy (non-hydrogen) atoms. The Hall–Kier alpha value is -1.18. The topological polar surface area (TPSA) is 64.7 Å². The lowest BCUT2D eigenvalue weighted by Crippen LogP contribution is -2.26. The molecule has 3 aromatic heterocycles. The highest BCUT2D eigenvalue weighted by atomic mass is 32.2. The maximum absolute atomic E-state index is 6.35. The third-order valence-electron chi connectivity index (χ3n) is 5.13. The first kappa shape index (κ1) is 18.2. The normalized spacial score (nSPS) is 17.6. The summed E-state index contributed by atoms with van der Waals surface area (Å²) in [5, 5.41) is 5.04. The summed E-state index contributed by atoms with van der Waals surface area (Å²) in [6.07, 6.45) is 3.46. The highest BCUT2D eigenvalue weighted by Gasteiger charge is 2.31. The molecule has 0 amide bonds. The van der Waals surface area contributed by atoms with E-state index < -0.39 is 0 Å². The average molecular weight is 405 g/mol. The average Bonchev–Trinajstić information content (AvgIpc) is 3.14. The van der Waals surface area contributed by atoms with Gasteiger partial charge in [-0.25, -0.2) is 15.0 Å². The van der Waals surface area contributed by atoms with E-state index in [1.165, 1.54) is 16.9 Å². The Morgan fingerprint density at radius 3 is 2.77 bits per heavy atom. The smallest absolute Gasteiger partial charge is 0.191 e. The Morgan fingerprint density at radius 1 is 1.27 bits per heavy atom. The number of hydrogen-bond acceptors (Lipinski definition) is 7. The Labute approximate surface area is 166 Å². The van der Waals surface area contributed by atoms with E-state index in [4.69, 9.17) is 10.7 Å². The van der Waals surface area contributed by atoms with Crippen LogP contribution in [0.4, 0.5) is 5.82 Å². The van der Waals surface area contributed by atoms with Gasteiger partial charge in [0.15, 0.2) is 5.16 Å². The van der Waals surface area contributed by atoms with Gasteiger partial charge in [0, 0.05) is 16.0 Å². The molecule has 0 saturated heterocycles. The molecule has 1 aliphatic carbocycles. The number of fused-ring (bicyclic) bond motifs is 3. The third-order valence-corrected chi connectivity index (χ3v) is 8.29. The molecule has 4 nitrogen and oxygen atoms in total. The SMILES string of the molecule is Cc1csc(CSc2nc(N)c3c4c(sc3n2)CC(C(C)(C)C)CC4)n1. The van der Waals surface area contributed by atoms with E-state index in [1.807, 2.05) is 18.3 Å². The van der Waals surface area contributed by atoms with Crippen LogP contribution in [0.2, 0.25) is 0 Å². The fourth-order valence-corrected chi connectivity index (χ4v) is 6.59. The molecule has 0 radical (unpaired) electrons. The van der Waals surface area contributed by atoms with Gasteiger partial charge in [-0.1, -0.05) is 32.5 Å². The minimum absolute atomic E-state index is 0.345. The van der Waals surface area contributed by atoms with Gasteiger partial charge in [0.1, 0.15) is 15.7 Å². The molecule has 0 aromatic carbocycles. The number of nitrogens with zero attached hydrogens (tertiary/aromatic N) is 3. The van der Waals surface area contributed by atoms with Crippen LogP contribution in [-0.2, 0) is 18.6 Å². The van der Waals surface area contributed by atoms with Gasteiger partial charge in [-0.3, -0.25) is 0 Å². The zero-order valence-corrected chi connectivity index (χ0v) is 18.1. The number of thioether (sulfide) groups is 1. The van der Waals surface area contributed by atoms with Gasteiger partial charge in [-0.2, -0.15) is 0 Å². The first-order valence-electron chi connectivity index (χ1n) is 8.93. The standard InChI is InChI=1S/C19H24N4S3/c1-10-8-24-14(21-10)9-25-18-22-16(20)15-12-6-5-11(19(2,3)4)7-13(12)26-17(15)23-18/h8,11H,5-7,9H2,1-4H3,(H2,20,22,23). The fourth-order valence-electron chi connectivity index (χ4n) is 3.58. The van der Waals surface area contributed by atoms with Crippen LogP contribution in [0.3, 0.4) is 0 Å². The molecule has 0 bridgehead atoms. The van der Waals surface area contributed by atoms with Crippen molar-refractivity contribution in [2.24, 2.45) is 11.3 Å². The van der Waals surface area contributed by atoms with Crippen LogP contribution in [0.15, 0.2) is 10.5 Å². The quantitative estimate of drug-likeness (QED) is 0.462. The van der Waals surface area contributed by atoms with E-state index in [1.54, 1.807) is 23.1 Å². The van der Waals surface area contributed by atoms with Crippen molar-refractivity contribution in [3.63, 3.8) is 0 Å². The van der Waals surface area contributed by atoms with E-state index in [-0.39, 0.29) is 0 Å². The highest BCUT2D eigenvalue weighted by Crippen LogP contribution is 2.44. The number of nitrogen functional groups attached to an aromatic ring is 1. The molecule has 138 valence electrons. The molecule has 0 fully saturated rings. The maximum atomic E-state index is 6.35. The second-order valence-electron chi connectivity index (χ2n) is 8.05. The Bertz CT molecular complexity index is 952. The van der Waals surface area contributed by atoms with Crippen molar-refractivity contribution in [2.75, 3.05) is 5.73 Å². The summed E-state index contributed by atoms with van der Waals surface area (Å²) in [5.41, 5.74) is 9.16. The predicted molar refractivity (Wildman–Crippen MR) is 113 cm³/mol. The summed E-state index contributed by atoms with van der Waals surface area (Å²) in [4.78, 5) is 16.4. The number of thiazole rings is 1. The lowest BCUT2D eigenvalue weighted by molar-refractivity contribution is 0.218. The van der Waals surface area contributed by atoms with Gasteiger partial charge in [-0.05, 0) is 43.1 Å². The molecule has 0 saturated carbocycles. The van der Waals surface area contributed by atoms with Crippen molar-refractivity contribution >= 4 is 50.5 Å². The summed E-state index contributed by atoms with van der Waals surface area (Å²) in [6, 6.07) is 0.